The van der Waals surface area contributed by atoms with E-state index < -0.39 is 0 Å². The van der Waals surface area contributed by atoms with E-state index in [0.29, 0.717) is 34.3 Å². The summed E-state index contributed by atoms with van der Waals surface area (Å²) in [4.78, 5) is 17.8. The Labute approximate surface area is 206 Å². The molecule has 5 aromatic rings. The minimum absolute atomic E-state index is 0.190. The molecule has 2 heterocycles. The Kier molecular flexibility index (Phi) is 6.77. The number of ether oxygens (including phenoxy) is 2. The summed E-state index contributed by atoms with van der Waals surface area (Å²) in [6, 6.07) is 20.8. The molecule has 0 aliphatic heterocycles. The van der Waals surface area contributed by atoms with Crippen LogP contribution in [0.1, 0.15) is 18.4 Å². The molecule has 0 fully saturated rings. The lowest BCUT2D eigenvalue weighted by Crippen LogP contribution is -2.11. The molecule has 2 aromatic heterocycles. The minimum Gasteiger partial charge on any atom is -0.497 e. The summed E-state index contributed by atoms with van der Waals surface area (Å²) >= 11 is 1.58. The third kappa shape index (κ3) is 5.05. The van der Waals surface area contributed by atoms with Gasteiger partial charge in [0.15, 0.2) is 11.3 Å². The molecule has 0 radical (unpaired) electrons. The fourth-order valence-electron chi connectivity index (χ4n) is 3.76. The van der Waals surface area contributed by atoms with E-state index >= 15 is 0 Å². The summed E-state index contributed by atoms with van der Waals surface area (Å²) < 4.78 is 23.3. The number of nitrogens with zero attached hydrogens (tertiary/aromatic N) is 1. The van der Waals surface area contributed by atoms with Gasteiger partial charge in [0, 0.05) is 17.4 Å². The van der Waals surface area contributed by atoms with Crippen molar-refractivity contribution in [3.63, 3.8) is 0 Å². The van der Waals surface area contributed by atoms with E-state index in [2.05, 4.69) is 4.98 Å². The molecule has 35 heavy (non-hydrogen) atoms. The van der Waals surface area contributed by atoms with Gasteiger partial charge >= 0.3 is 0 Å². The number of hydrogen-bond acceptors (Lipinski definition) is 7. The minimum atomic E-state index is -0.190. The summed E-state index contributed by atoms with van der Waals surface area (Å²) in [5.41, 5.74) is 3.85. The topological polar surface area (TPSA) is 74.7 Å². The Morgan fingerprint density at radius 2 is 1.77 bits per heavy atom. The van der Waals surface area contributed by atoms with Gasteiger partial charge < -0.3 is 18.3 Å². The van der Waals surface area contributed by atoms with Crippen molar-refractivity contribution >= 4 is 33.8 Å². The van der Waals surface area contributed by atoms with Gasteiger partial charge in [-0.1, -0.05) is 53.7 Å². The third-order valence-electron chi connectivity index (χ3n) is 5.66. The number of hydrogen-bond donors (Lipinski definition) is 0. The maximum atomic E-state index is 13.3. The van der Waals surface area contributed by atoms with Crippen LogP contribution < -0.4 is 14.9 Å². The molecule has 7 heteroatoms. The molecule has 0 saturated carbocycles. The molecule has 6 nitrogen and oxygen atoms in total. The first-order valence-corrected chi connectivity index (χ1v) is 12.4. The summed E-state index contributed by atoms with van der Waals surface area (Å²) in [7, 11) is 1.58. The Bertz CT molecular complexity index is 1490. The van der Waals surface area contributed by atoms with Crippen molar-refractivity contribution < 1.29 is 18.3 Å². The number of oxazole rings is 1. The molecule has 178 valence electrons. The molecule has 0 aliphatic rings. The van der Waals surface area contributed by atoms with E-state index in [1.54, 1.807) is 37.1 Å². The fraction of sp³-hybridized carbons (Fsp3) is 0.214. The highest BCUT2D eigenvalue weighted by Gasteiger charge is 2.18. The molecule has 0 unspecified atom stereocenters. The summed E-state index contributed by atoms with van der Waals surface area (Å²) in [5, 5.41) is 1.13. The Balaban J connectivity index is 1.30. The van der Waals surface area contributed by atoms with E-state index in [1.165, 1.54) is 0 Å². The molecule has 0 amide bonds. The van der Waals surface area contributed by atoms with Crippen molar-refractivity contribution in [1.82, 2.24) is 4.98 Å². The standard InChI is InChI=1S/C28H25NO5S/c1-18-9-11-19(12-10-18)26-27(25(30)21-14-13-20(31-2)17-24(21)33-26)32-15-5-6-16-35-28-29-22-7-3-4-8-23(22)34-28/h3-4,7-14,17H,5-6,15-16H2,1-2H3. The van der Waals surface area contributed by atoms with Gasteiger partial charge in [-0.15, -0.1) is 0 Å². The van der Waals surface area contributed by atoms with Crippen LogP contribution in [0.5, 0.6) is 11.5 Å². The van der Waals surface area contributed by atoms with E-state index in [0.717, 1.165) is 40.8 Å². The van der Waals surface area contributed by atoms with Crippen molar-refractivity contribution in [3.05, 3.63) is 82.5 Å². The van der Waals surface area contributed by atoms with Crippen LogP contribution in [0.3, 0.4) is 0 Å². The van der Waals surface area contributed by atoms with E-state index in [9.17, 15) is 4.79 Å². The molecule has 0 saturated heterocycles. The number of unbranched alkanes of at least 4 members (excludes halogenated alkanes) is 1. The second-order valence-electron chi connectivity index (χ2n) is 8.17. The molecule has 0 spiro atoms. The van der Waals surface area contributed by atoms with E-state index in [4.69, 9.17) is 18.3 Å². The first-order valence-electron chi connectivity index (χ1n) is 11.5. The Hall–Kier alpha value is -3.71. The van der Waals surface area contributed by atoms with Gasteiger partial charge in [0.25, 0.3) is 5.22 Å². The van der Waals surface area contributed by atoms with Crippen molar-refractivity contribution in [1.29, 1.82) is 0 Å². The van der Waals surface area contributed by atoms with Crippen LogP contribution in [0.4, 0.5) is 0 Å². The van der Waals surface area contributed by atoms with Crippen LogP contribution in [0.15, 0.2) is 85.6 Å². The predicted molar refractivity (Wildman–Crippen MR) is 139 cm³/mol. The Morgan fingerprint density at radius 1 is 0.943 bits per heavy atom. The third-order valence-corrected chi connectivity index (χ3v) is 6.57. The average molecular weight is 488 g/mol. The van der Waals surface area contributed by atoms with Crippen LogP contribution in [-0.4, -0.2) is 24.5 Å². The van der Waals surface area contributed by atoms with Gasteiger partial charge in [-0.25, -0.2) is 4.98 Å². The van der Waals surface area contributed by atoms with Gasteiger partial charge in [-0.3, -0.25) is 4.79 Å². The van der Waals surface area contributed by atoms with Crippen molar-refractivity contribution in [2.75, 3.05) is 19.5 Å². The predicted octanol–water partition coefficient (Wildman–Crippen LogP) is 6.87. The molecule has 5 rings (SSSR count). The SMILES string of the molecule is COc1ccc2c(=O)c(OCCCCSc3nc4ccccc4o3)c(-c3ccc(C)cc3)oc2c1. The van der Waals surface area contributed by atoms with Gasteiger partial charge in [0.2, 0.25) is 11.2 Å². The zero-order valence-corrected chi connectivity index (χ0v) is 20.4. The van der Waals surface area contributed by atoms with E-state index in [-0.39, 0.29) is 11.2 Å². The van der Waals surface area contributed by atoms with Gasteiger partial charge in [-0.05, 0) is 44.0 Å². The number of thioether (sulfide) groups is 1. The average Bonchev–Trinajstić information content (AvgIpc) is 3.30. The summed E-state index contributed by atoms with van der Waals surface area (Å²) in [6.45, 7) is 2.42. The lowest BCUT2D eigenvalue weighted by atomic mass is 10.1. The fourth-order valence-corrected chi connectivity index (χ4v) is 4.59. The van der Waals surface area contributed by atoms with Crippen LogP contribution >= 0.6 is 11.8 Å². The molecule has 0 bridgehead atoms. The molecule has 0 atom stereocenters. The second kappa shape index (κ2) is 10.3. The first kappa shape index (κ1) is 23.1. The van der Waals surface area contributed by atoms with Crippen LogP contribution in [0.25, 0.3) is 33.4 Å². The molecular formula is C28H25NO5S. The van der Waals surface area contributed by atoms with Gasteiger partial charge in [0.1, 0.15) is 16.8 Å². The molecular weight excluding hydrogens is 462 g/mol. The smallest absolute Gasteiger partial charge is 0.256 e. The number of aryl methyl sites for hydroxylation is 1. The van der Waals surface area contributed by atoms with Crippen molar-refractivity contribution in [2.24, 2.45) is 0 Å². The van der Waals surface area contributed by atoms with E-state index in [1.807, 2.05) is 55.5 Å². The van der Waals surface area contributed by atoms with Gasteiger partial charge in [-0.2, -0.15) is 0 Å². The van der Waals surface area contributed by atoms with Crippen LogP contribution in [-0.2, 0) is 0 Å². The Morgan fingerprint density at radius 3 is 2.57 bits per heavy atom. The molecule has 3 aromatic carbocycles. The van der Waals surface area contributed by atoms with Crippen molar-refractivity contribution in [3.8, 4) is 22.8 Å². The zero-order valence-electron chi connectivity index (χ0n) is 19.6. The lowest BCUT2D eigenvalue weighted by Gasteiger charge is -2.12. The van der Waals surface area contributed by atoms with Crippen molar-refractivity contribution in [2.45, 2.75) is 25.0 Å². The highest BCUT2D eigenvalue weighted by Crippen LogP contribution is 2.32. The zero-order chi connectivity index (χ0) is 24.2. The second-order valence-corrected chi connectivity index (χ2v) is 9.22. The number of benzene rings is 3. The molecule has 0 N–H and O–H groups in total. The normalized spacial score (nSPS) is 11.3. The highest BCUT2D eigenvalue weighted by atomic mass is 32.2. The maximum Gasteiger partial charge on any atom is 0.256 e. The maximum absolute atomic E-state index is 13.3. The lowest BCUT2D eigenvalue weighted by molar-refractivity contribution is 0.301. The largest absolute Gasteiger partial charge is 0.497 e. The first-order chi connectivity index (χ1) is 17.1. The summed E-state index contributed by atoms with van der Waals surface area (Å²) in [6.07, 6.45) is 1.67. The number of para-hydroxylation sites is 2. The highest BCUT2D eigenvalue weighted by molar-refractivity contribution is 7.99. The number of rotatable bonds is 9. The van der Waals surface area contributed by atoms with Crippen LogP contribution in [0.2, 0.25) is 0 Å². The van der Waals surface area contributed by atoms with Crippen LogP contribution in [0, 0.1) is 6.92 Å². The monoisotopic (exact) mass is 487 g/mol. The van der Waals surface area contributed by atoms with Gasteiger partial charge in [0.05, 0.1) is 19.1 Å². The molecule has 0 aliphatic carbocycles. The quantitative estimate of drug-likeness (QED) is 0.166. The summed E-state index contributed by atoms with van der Waals surface area (Å²) in [5.74, 6) is 2.13. The number of methoxy groups -OCH3 is 1. The number of aromatic nitrogens is 1. The number of fused-ring (bicyclic) bond motifs is 2.